The summed E-state index contributed by atoms with van der Waals surface area (Å²) in [6, 6.07) is 6.61. The SMILES string of the molecule is CC(NCC(O)C1CC1)c1ccc(OC(F)F)cc1. The number of benzene rings is 1. The van der Waals surface area contributed by atoms with Crippen molar-refractivity contribution in [3.05, 3.63) is 29.8 Å². The Morgan fingerprint density at radius 3 is 2.47 bits per heavy atom. The molecule has 3 nitrogen and oxygen atoms in total. The molecule has 0 aromatic heterocycles. The predicted octanol–water partition coefficient (Wildman–Crippen LogP) is 2.71. The second kappa shape index (κ2) is 6.30. The molecule has 0 spiro atoms. The summed E-state index contributed by atoms with van der Waals surface area (Å²) < 4.78 is 28.3. The maximum atomic E-state index is 12.0. The van der Waals surface area contributed by atoms with Crippen molar-refractivity contribution in [3.8, 4) is 5.75 Å². The Balaban J connectivity index is 1.82. The Morgan fingerprint density at radius 2 is 1.95 bits per heavy atom. The van der Waals surface area contributed by atoms with Gasteiger partial charge in [0.15, 0.2) is 0 Å². The fourth-order valence-electron chi connectivity index (χ4n) is 2.00. The highest BCUT2D eigenvalue weighted by atomic mass is 19.3. The van der Waals surface area contributed by atoms with Crippen molar-refractivity contribution in [3.63, 3.8) is 0 Å². The molecular formula is C14H19F2NO2. The quantitative estimate of drug-likeness (QED) is 0.801. The molecule has 1 aromatic carbocycles. The summed E-state index contributed by atoms with van der Waals surface area (Å²) >= 11 is 0. The Morgan fingerprint density at radius 1 is 1.32 bits per heavy atom. The van der Waals surface area contributed by atoms with Gasteiger partial charge in [-0.25, -0.2) is 0 Å². The molecule has 2 atom stereocenters. The van der Waals surface area contributed by atoms with Crippen molar-refractivity contribution in [2.75, 3.05) is 6.54 Å². The first-order valence-corrected chi connectivity index (χ1v) is 6.52. The summed E-state index contributed by atoms with van der Waals surface area (Å²) in [5.74, 6) is 0.602. The number of nitrogens with one attached hydrogen (secondary N) is 1. The zero-order valence-electron chi connectivity index (χ0n) is 10.9. The van der Waals surface area contributed by atoms with E-state index in [0.29, 0.717) is 12.5 Å². The Bertz CT molecular complexity index is 393. The van der Waals surface area contributed by atoms with Crippen LogP contribution in [0, 0.1) is 5.92 Å². The predicted molar refractivity (Wildman–Crippen MR) is 68.2 cm³/mol. The molecule has 1 aliphatic carbocycles. The fourth-order valence-corrected chi connectivity index (χ4v) is 2.00. The molecule has 106 valence electrons. The Kier molecular flexibility index (Phi) is 4.71. The van der Waals surface area contributed by atoms with Gasteiger partial charge in [0, 0.05) is 12.6 Å². The lowest BCUT2D eigenvalue weighted by Crippen LogP contribution is -2.30. The van der Waals surface area contributed by atoms with Gasteiger partial charge in [-0.3, -0.25) is 0 Å². The number of rotatable bonds is 7. The van der Waals surface area contributed by atoms with Gasteiger partial charge >= 0.3 is 6.61 Å². The standard InChI is InChI=1S/C14H19F2NO2/c1-9(17-8-13(18)11-2-3-11)10-4-6-12(7-5-10)19-14(15)16/h4-7,9,11,13-14,17-18H,2-3,8H2,1H3. The first-order valence-electron chi connectivity index (χ1n) is 6.52. The van der Waals surface area contributed by atoms with Crippen LogP contribution in [-0.2, 0) is 0 Å². The molecule has 2 unspecified atom stereocenters. The Hall–Kier alpha value is -1.20. The first kappa shape index (κ1) is 14.2. The van der Waals surface area contributed by atoms with Crippen LogP contribution in [0.2, 0.25) is 0 Å². The molecule has 0 heterocycles. The van der Waals surface area contributed by atoms with Gasteiger partial charge in [-0.1, -0.05) is 12.1 Å². The van der Waals surface area contributed by atoms with Crippen LogP contribution in [-0.4, -0.2) is 24.4 Å². The van der Waals surface area contributed by atoms with Gasteiger partial charge in [0.1, 0.15) is 5.75 Å². The van der Waals surface area contributed by atoms with Crippen molar-refractivity contribution in [2.24, 2.45) is 5.92 Å². The second-order valence-corrected chi connectivity index (χ2v) is 4.98. The average Bonchev–Trinajstić information content (AvgIpc) is 3.20. The number of halogens is 2. The summed E-state index contributed by atoms with van der Waals surface area (Å²) in [7, 11) is 0. The van der Waals surface area contributed by atoms with Crippen LogP contribution < -0.4 is 10.1 Å². The van der Waals surface area contributed by atoms with E-state index in [-0.39, 0.29) is 17.9 Å². The molecule has 5 heteroatoms. The zero-order chi connectivity index (χ0) is 13.8. The largest absolute Gasteiger partial charge is 0.435 e. The van der Waals surface area contributed by atoms with Gasteiger partial charge in [0.25, 0.3) is 0 Å². The van der Waals surface area contributed by atoms with E-state index in [2.05, 4.69) is 10.1 Å². The number of hydrogen-bond donors (Lipinski definition) is 2. The third-order valence-electron chi connectivity index (χ3n) is 3.40. The highest BCUT2D eigenvalue weighted by Gasteiger charge is 2.29. The summed E-state index contributed by atoms with van der Waals surface area (Å²) in [6.45, 7) is -0.265. The van der Waals surface area contributed by atoms with E-state index in [1.54, 1.807) is 12.1 Å². The van der Waals surface area contributed by atoms with E-state index in [1.807, 2.05) is 6.92 Å². The van der Waals surface area contributed by atoms with Gasteiger partial charge in [-0.2, -0.15) is 8.78 Å². The summed E-state index contributed by atoms with van der Waals surface area (Å²) in [5.41, 5.74) is 0.976. The maximum Gasteiger partial charge on any atom is 0.387 e. The van der Waals surface area contributed by atoms with Crippen molar-refractivity contribution < 1.29 is 18.6 Å². The summed E-state index contributed by atoms with van der Waals surface area (Å²) in [5, 5.41) is 13.0. The van der Waals surface area contributed by atoms with Crippen molar-refractivity contribution in [1.82, 2.24) is 5.32 Å². The third-order valence-corrected chi connectivity index (χ3v) is 3.40. The van der Waals surface area contributed by atoms with Crippen LogP contribution in [0.5, 0.6) is 5.75 Å². The van der Waals surface area contributed by atoms with Crippen LogP contribution >= 0.6 is 0 Å². The van der Waals surface area contributed by atoms with Gasteiger partial charge < -0.3 is 15.2 Å². The molecule has 1 aromatic rings. The number of aliphatic hydroxyl groups is 1. The smallest absolute Gasteiger partial charge is 0.387 e. The molecule has 0 radical (unpaired) electrons. The van der Waals surface area contributed by atoms with E-state index < -0.39 is 6.61 Å². The minimum Gasteiger partial charge on any atom is -0.435 e. The molecule has 1 aliphatic rings. The molecule has 1 saturated carbocycles. The van der Waals surface area contributed by atoms with E-state index in [0.717, 1.165) is 18.4 Å². The number of alkyl halides is 2. The van der Waals surface area contributed by atoms with E-state index in [4.69, 9.17) is 0 Å². The lowest BCUT2D eigenvalue weighted by molar-refractivity contribution is -0.0498. The minimum absolute atomic E-state index is 0.0639. The van der Waals surface area contributed by atoms with Crippen LogP contribution in [0.25, 0.3) is 0 Å². The first-order chi connectivity index (χ1) is 9.06. The number of aliphatic hydroxyl groups excluding tert-OH is 1. The maximum absolute atomic E-state index is 12.0. The molecule has 0 saturated heterocycles. The minimum atomic E-state index is -2.80. The topological polar surface area (TPSA) is 41.5 Å². The van der Waals surface area contributed by atoms with Gasteiger partial charge in [-0.15, -0.1) is 0 Å². The molecule has 19 heavy (non-hydrogen) atoms. The van der Waals surface area contributed by atoms with Crippen LogP contribution in [0.3, 0.4) is 0 Å². The number of ether oxygens (including phenoxy) is 1. The Labute approximate surface area is 111 Å². The molecule has 0 aliphatic heterocycles. The van der Waals surface area contributed by atoms with E-state index >= 15 is 0 Å². The summed E-state index contributed by atoms with van der Waals surface area (Å²) in [6.07, 6.45) is 1.93. The van der Waals surface area contributed by atoms with Gasteiger partial charge in [0.2, 0.25) is 0 Å². The molecule has 2 N–H and O–H groups in total. The van der Waals surface area contributed by atoms with Gasteiger partial charge in [-0.05, 0) is 43.4 Å². The van der Waals surface area contributed by atoms with Crippen LogP contribution in [0.15, 0.2) is 24.3 Å². The zero-order valence-corrected chi connectivity index (χ0v) is 10.9. The fraction of sp³-hybridized carbons (Fsp3) is 0.571. The second-order valence-electron chi connectivity index (χ2n) is 4.98. The van der Waals surface area contributed by atoms with Crippen molar-refractivity contribution in [1.29, 1.82) is 0 Å². The lowest BCUT2D eigenvalue weighted by atomic mass is 10.1. The van der Waals surface area contributed by atoms with E-state index in [9.17, 15) is 13.9 Å². The van der Waals surface area contributed by atoms with Gasteiger partial charge in [0.05, 0.1) is 6.10 Å². The number of hydrogen-bond acceptors (Lipinski definition) is 3. The third kappa shape index (κ3) is 4.44. The molecule has 0 bridgehead atoms. The highest BCUT2D eigenvalue weighted by Crippen LogP contribution is 2.32. The van der Waals surface area contributed by atoms with E-state index in [1.165, 1.54) is 12.1 Å². The summed E-state index contributed by atoms with van der Waals surface area (Å²) in [4.78, 5) is 0. The monoisotopic (exact) mass is 271 g/mol. The highest BCUT2D eigenvalue weighted by molar-refractivity contribution is 5.28. The van der Waals surface area contributed by atoms with Crippen LogP contribution in [0.4, 0.5) is 8.78 Å². The lowest BCUT2D eigenvalue weighted by Gasteiger charge is -2.17. The normalized spacial score (nSPS) is 18.4. The van der Waals surface area contributed by atoms with Crippen molar-refractivity contribution in [2.45, 2.75) is 38.5 Å². The molecule has 2 rings (SSSR count). The molecule has 1 fully saturated rings. The molecule has 0 amide bonds. The van der Waals surface area contributed by atoms with Crippen molar-refractivity contribution >= 4 is 0 Å². The van der Waals surface area contributed by atoms with Crippen LogP contribution in [0.1, 0.15) is 31.4 Å². The molecular weight excluding hydrogens is 252 g/mol. The average molecular weight is 271 g/mol.